The Kier molecular flexibility index (Phi) is 2.76. The Hall–Kier alpha value is -2.69. The number of hydrogen-bond acceptors (Lipinski definition) is 5. The third kappa shape index (κ3) is 1.89. The van der Waals surface area contributed by atoms with E-state index in [-0.39, 0.29) is 23.9 Å². The summed E-state index contributed by atoms with van der Waals surface area (Å²) in [6.07, 6.45) is 0.921. The second-order valence-electron chi connectivity index (χ2n) is 5.76. The standard InChI is InChI=1S/C17H14N2O3/c18-10-2-4-12-9(7-10)1-6-15-16(12)17(19-22-15)13-5-3-11(20)8-14(13)21/h1-2,4,6-7,13H,3,5,8,18H2. The van der Waals surface area contributed by atoms with Gasteiger partial charge < -0.3 is 10.3 Å². The molecule has 1 unspecified atom stereocenters. The lowest BCUT2D eigenvalue weighted by atomic mass is 9.83. The van der Waals surface area contributed by atoms with E-state index in [0.717, 1.165) is 16.2 Å². The van der Waals surface area contributed by atoms with Crippen molar-refractivity contribution >= 4 is 39.0 Å². The van der Waals surface area contributed by atoms with E-state index in [4.69, 9.17) is 10.3 Å². The molecule has 0 radical (unpaired) electrons. The number of carbonyl (C=O) groups excluding carboxylic acids is 2. The summed E-state index contributed by atoms with van der Waals surface area (Å²) in [5.74, 6) is -0.423. The van der Waals surface area contributed by atoms with Gasteiger partial charge in [-0.1, -0.05) is 17.3 Å². The summed E-state index contributed by atoms with van der Waals surface area (Å²) in [7, 11) is 0. The first kappa shape index (κ1) is 13.0. The second-order valence-corrected chi connectivity index (χ2v) is 5.76. The van der Waals surface area contributed by atoms with Crippen molar-refractivity contribution in [2.45, 2.75) is 25.2 Å². The highest BCUT2D eigenvalue weighted by atomic mass is 16.5. The molecule has 0 aliphatic heterocycles. The van der Waals surface area contributed by atoms with Crippen molar-refractivity contribution in [2.24, 2.45) is 0 Å². The molecular weight excluding hydrogens is 280 g/mol. The van der Waals surface area contributed by atoms with Gasteiger partial charge in [0.15, 0.2) is 5.58 Å². The van der Waals surface area contributed by atoms with Gasteiger partial charge in [0.1, 0.15) is 17.3 Å². The Morgan fingerprint density at radius 1 is 1.18 bits per heavy atom. The summed E-state index contributed by atoms with van der Waals surface area (Å²) in [4.78, 5) is 23.6. The van der Waals surface area contributed by atoms with E-state index in [9.17, 15) is 9.59 Å². The van der Waals surface area contributed by atoms with Gasteiger partial charge in [-0.3, -0.25) is 9.59 Å². The van der Waals surface area contributed by atoms with Crippen LogP contribution in [0.4, 0.5) is 5.69 Å². The molecule has 0 spiro atoms. The fraction of sp³-hybridized carbons (Fsp3) is 0.235. The van der Waals surface area contributed by atoms with Crippen LogP contribution in [-0.2, 0) is 9.59 Å². The maximum Gasteiger partial charge on any atom is 0.167 e. The lowest BCUT2D eigenvalue weighted by molar-refractivity contribution is -0.130. The molecule has 110 valence electrons. The van der Waals surface area contributed by atoms with E-state index < -0.39 is 0 Å². The van der Waals surface area contributed by atoms with Gasteiger partial charge in [-0.2, -0.15) is 0 Å². The molecule has 2 aromatic carbocycles. The molecule has 1 aliphatic carbocycles. The third-order valence-corrected chi connectivity index (χ3v) is 4.31. The highest BCUT2D eigenvalue weighted by Gasteiger charge is 2.32. The molecule has 4 rings (SSSR count). The number of rotatable bonds is 1. The van der Waals surface area contributed by atoms with Gasteiger partial charge in [0.05, 0.1) is 17.7 Å². The Morgan fingerprint density at radius 2 is 2.05 bits per heavy atom. The molecule has 0 saturated heterocycles. The molecule has 1 aromatic heterocycles. The quantitative estimate of drug-likeness (QED) is 0.551. The SMILES string of the molecule is Nc1ccc2c(ccc3onc(C4CCC(=O)CC4=O)c32)c1. The minimum Gasteiger partial charge on any atom is -0.399 e. The number of carbonyl (C=O) groups is 2. The highest BCUT2D eigenvalue weighted by molar-refractivity contribution is 6.11. The molecule has 0 amide bonds. The summed E-state index contributed by atoms with van der Waals surface area (Å²) in [5.41, 5.74) is 7.81. The van der Waals surface area contributed by atoms with Crippen molar-refractivity contribution in [3.8, 4) is 0 Å². The summed E-state index contributed by atoms with van der Waals surface area (Å²) < 4.78 is 5.40. The van der Waals surface area contributed by atoms with E-state index in [1.54, 1.807) is 0 Å². The number of hydrogen-bond donors (Lipinski definition) is 1. The van der Waals surface area contributed by atoms with Crippen molar-refractivity contribution in [1.82, 2.24) is 5.16 Å². The number of benzene rings is 2. The number of anilines is 1. The van der Waals surface area contributed by atoms with E-state index in [1.165, 1.54) is 0 Å². The number of fused-ring (bicyclic) bond motifs is 3. The minimum absolute atomic E-state index is 0.00324. The van der Waals surface area contributed by atoms with Gasteiger partial charge >= 0.3 is 0 Å². The van der Waals surface area contributed by atoms with E-state index in [2.05, 4.69) is 5.16 Å². The fourth-order valence-corrected chi connectivity index (χ4v) is 3.21. The topological polar surface area (TPSA) is 86.2 Å². The number of ketones is 2. The van der Waals surface area contributed by atoms with Crippen LogP contribution in [0, 0.1) is 0 Å². The first-order chi connectivity index (χ1) is 10.6. The first-order valence-electron chi connectivity index (χ1n) is 7.25. The van der Waals surface area contributed by atoms with Crippen molar-refractivity contribution in [3.05, 3.63) is 36.0 Å². The molecule has 22 heavy (non-hydrogen) atoms. The number of nitrogens with two attached hydrogens (primary N) is 1. The summed E-state index contributed by atoms with van der Waals surface area (Å²) in [6.45, 7) is 0. The minimum atomic E-state index is -0.359. The van der Waals surface area contributed by atoms with Crippen LogP contribution >= 0.6 is 0 Å². The highest BCUT2D eigenvalue weighted by Crippen LogP contribution is 2.36. The smallest absolute Gasteiger partial charge is 0.167 e. The van der Waals surface area contributed by atoms with Crippen molar-refractivity contribution in [1.29, 1.82) is 0 Å². The molecule has 1 atom stereocenters. The van der Waals surface area contributed by atoms with Crippen LogP contribution < -0.4 is 5.73 Å². The molecule has 1 aliphatic rings. The Morgan fingerprint density at radius 3 is 2.86 bits per heavy atom. The van der Waals surface area contributed by atoms with Crippen molar-refractivity contribution in [3.63, 3.8) is 0 Å². The Labute approximate surface area is 126 Å². The van der Waals surface area contributed by atoms with Crippen LogP contribution in [0.1, 0.15) is 30.9 Å². The average Bonchev–Trinajstić information content (AvgIpc) is 2.91. The number of nitrogens with zero attached hydrogens (tertiary/aromatic N) is 1. The van der Waals surface area contributed by atoms with Crippen LogP contribution in [0.2, 0.25) is 0 Å². The fourth-order valence-electron chi connectivity index (χ4n) is 3.21. The monoisotopic (exact) mass is 294 g/mol. The molecule has 3 aromatic rings. The molecule has 1 fully saturated rings. The maximum atomic E-state index is 12.2. The van der Waals surface area contributed by atoms with Crippen LogP contribution in [0.3, 0.4) is 0 Å². The van der Waals surface area contributed by atoms with Crippen LogP contribution in [0.25, 0.3) is 21.7 Å². The van der Waals surface area contributed by atoms with Gasteiger partial charge in [-0.05, 0) is 35.4 Å². The Bertz CT molecular complexity index is 926. The zero-order valence-corrected chi connectivity index (χ0v) is 11.8. The molecule has 2 N–H and O–H groups in total. The first-order valence-corrected chi connectivity index (χ1v) is 7.25. The second kappa shape index (κ2) is 4.66. The molecule has 0 bridgehead atoms. The van der Waals surface area contributed by atoms with Gasteiger partial charge in [-0.15, -0.1) is 0 Å². The largest absolute Gasteiger partial charge is 0.399 e. The number of nitrogen functional groups attached to an aromatic ring is 1. The summed E-state index contributed by atoms with van der Waals surface area (Å²) in [6, 6.07) is 9.40. The molecule has 1 saturated carbocycles. The molecular formula is C17H14N2O3. The molecule has 5 nitrogen and oxygen atoms in total. The van der Waals surface area contributed by atoms with Crippen LogP contribution in [-0.4, -0.2) is 16.7 Å². The number of aromatic nitrogens is 1. The van der Waals surface area contributed by atoms with Crippen molar-refractivity contribution < 1.29 is 14.1 Å². The molecule has 5 heteroatoms. The zero-order chi connectivity index (χ0) is 15.3. The number of Topliss-reactive ketones (excluding diaryl/α,β-unsaturated/α-hetero) is 2. The van der Waals surface area contributed by atoms with Gasteiger partial charge in [0.25, 0.3) is 0 Å². The lowest BCUT2D eigenvalue weighted by Gasteiger charge is -2.17. The maximum absolute atomic E-state index is 12.2. The zero-order valence-electron chi connectivity index (χ0n) is 11.8. The van der Waals surface area contributed by atoms with Crippen LogP contribution in [0.5, 0.6) is 0 Å². The van der Waals surface area contributed by atoms with Crippen LogP contribution in [0.15, 0.2) is 34.9 Å². The molecule has 1 heterocycles. The van der Waals surface area contributed by atoms with E-state index in [0.29, 0.717) is 29.8 Å². The summed E-state index contributed by atoms with van der Waals surface area (Å²) in [5, 5.41) is 6.93. The van der Waals surface area contributed by atoms with Gasteiger partial charge in [0.2, 0.25) is 0 Å². The van der Waals surface area contributed by atoms with Crippen molar-refractivity contribution in [2.75, 3.05) is 5.73 Å². The summed E-state index contributed by atoms with van der Waals surface area (Å²) >= 11 is 0. The van der Waals surface area contributed by atoms with Gasteiger partial charge in [0, 0.05) is 12.1 Å². The predicted molar refractivity (Wildman–Crippen MR) is 82.5 cm³/mol. The lowest BCUT2D eigenvalue weighted by Crippen LogP contribution is -2.23. The van der Waals surface area contributed by atoms with Gasteiger partial charge in [-0.25, -0.2) is 0 Å². The Balaban J connectivity index is 1.95. The van der Waals surface area contributed by atoms with E-state index in [1.807, 2.05) is 30.3 Å². The third-order valence-electron chi connectivity index (χ3n) is 4.31. The predicted octanol–water partition coefficient (Wildman–Crippen LogP) is 2.97. The normalized spacial score (nSPS) is 19.2. The van der Waals surface area contributed by atoms with E-state index >= 15 is 0 Å². The average molecular weight is 294 g/mol.